The van der Waals surface area contributed by atoms with Gasteiger partial charge in [0.15, 0.2) is 5.92 Å². The highest BCUT2D eigenvalue weighted by molar-refractivity contribution is 5.95. The zero-order valence-electron chi connectivity index (χ0n) is 16.3. The smallest absolute Gasteiger partial charge is 0.321 e. The van der Waals surface area contributed by atoms with Crippen molar-refractivity contribution in [2.24, 2.45) is 11.7 Å². The summed E-state index contributed by atoms with van der Waals surface area (Å²) < 4.78 is 5.51. The zero-order valence-corrected chi connectivity index (χ0v) is 16.3. The lowest BCUT2D eigenvalue weighted by Gasteiger charge is -2.21. The first-order chi connectivity index (χ1) is 14.6. The first kappa shape index (κ1) is 19.8. The molecule has 1 aliphatic rings. The number of rotatable bonds is 7. The molecule has 1 aromatic heterocycles. The summed E-state index contributed by atoms with van der Waals surface area (Å²) in [5, 5.41) is 9.61. The van der Waals surface area contributed by atoms with E-state index in [0.29, 0.717) is 0 Å². The number of hydrogen-bond acceptors (Lipinski definition) is 5. The molecule has 0 radical (unpaired) electrons. The topological polar surface area (TPSA) is 103 Å². The van der Waals surface area contributed by atoms with Gasteiger partial charge in [-0.15, -0.1) is 0 Å². The van der Waals surface area contributed by atoms with Crippen molar-refractivity contribution in [1.82, 2.24) is 4.98 Å². The second-order valence-corrected chi connectivity index (χ2v) is 7.40. The predicted molar refractivity (Wildman–Crippen MR) is 112 cm³/mol. The monoisotopic (exact) mass is 402 g/mol. The third-order valence-corrected chi connectivity index (χ3v) is 5.52. The number of aliphatic carboxylic acids is 1. The van der Waals surface area contributed by atoms with Crippen molar-refractivity contribution in [3.05, 3.63) is 89.7 Å². The molecule has 1 unspecified atom stereocenters. The van der Waals surface area contributed by atoms with E-state index in [-0.39, 0.29) is 18.9 Å². The second-order valence-electron chi connectivity index (χ2n) is 7.40. The van der Waals surface area contributed by atoms with Crippen LogP contribution < -0.4 is 5.73 Å². The minimum absolute atomic E-state index is 0.0681. The van der Waals surface area contributed by atoms with Crippen LogP contribution in [0.2, 0.25) is 0 Å². The van der Waals surface area contributed by atoms with Gasteiger partial charge >= 0.3 is 11.9 Å². The van der Waals surface area contributed by atoms with E-state index < -0.39 is 23.9 Å². The number of hydrogen-bond donors (Lipinski definition) is 2. The lowest BCUT2D eigenvalue weighted by atomic mass is 9.94. The number of aromatic nitrogens is 1. The fourth-order valence-electron chi connectivity index (χ4n) is 4.06. The van der Waals surface area contributed by atoms with Gasteiger partial charge in [0.05, 0.1) is 0 Å². The highest BCUT2D eigenvalue weighted by Crippen LogP contribution is 2.44. The van der Waals surface area contributed by atoms with E-state index in [1.165, 1.54) is 0 Å². The van der Waals surface area contributed by atoms with Gasteiger partial charge in [-0.2, -0.15) is 0 Å². The van der Waals surface area contributed by atoms with Gasteiger partial charge in [0.2, 0.25) is 0 Å². The van der Waals surface area contributed by atoms with Crippen LogP contribution in [0.5, 0.6) is 0 Å². The Kier molecular flexibility index (Phi) is 5.59. The summed E-state index contributed by atoms with van der Waals surface area (Å²) in [6.07, 6.45) is 3.44. The largest absolute Gasteiger partial charge is 0.481 e. The lowest BCUT2D eigenvalue weighted by Crippen LogP contribution is -2.43. The summed E-state index contributed by atoms with van der Waals surface area (Å²) in [7, 11) is 0. The number of carboxylic acid groups (broad SMARTS) is 1. The number of nitrogens with zero attached hydrogens (tertiary/aromatic N) is 1. The van der Waals surface area contributed by atoms with Gasteiger partial charge in [0.25, 0.3) is 0 Å². The second kappa shape index (κ2) is 8.47. The molecule has 4 rings (SSSR count). The fraction of sp³-hybridized carbons (Fsp3) is 0.208. The lowest BCUT2D eigenvalue weighted by molar-refractivity contribution is -0.159. The van der Waals surface area contributed by atoms with Crippen molar-refractivity contribution in [3.63, 3.8) is 0 Å². The number of carboxylic acids is 1. The summed E-state index contributed by atoms with van der Waals surface area (Å²) in [5.41, 5.74) is 11.3. The molecule has 0 saturated carbocycles. The summed E-state index contributed by atoms with van der Waals surface area (Å²) in [6, 6.07) is 18.5. The molecule has 1 aliphatic carbocycles. The summed E-state index contributed by atoms with van der Waals surface area (Å²) >= 11 is 0. The molecule has 152 valence electrons. The van der Waals surface area contributed by atoms with Crippen LogP contribution in [0.1, 0.15) is 22.6 Å². The van der Waals surface area contributed by atoms with Crippen molar-refractivity contribution in [3.8, 4) is 11.1 Å². The normalized spacial score (nSPS) is 14.4. The Morgan fingerprint density at radius 2 is 1.53 bits per heavy atom. The van der Waals surface area contributed by atoms with Gasteiger partial charge in [0, 0.05) is 24.4 Å². The number of benzene rings is 2. The SMILES string of the molecule is NC(Cc1ccncc1)[C@H](C(=O)O)C(=O)OCC1c2ccccc2-c2ccccc21. The quantitative estimate of drug-likeness (QED) is 0.465. The number of pyridine rings is 1. The van der Waals surface area contributed by atoms with Gasteiger partial charge in [-0.25, -0.2) is 0 Å². The van der Waals surface area contributed by atoms with Crippen LogP contribution in [0.3, 0.4) is 0 Å². The molecule has 6 nitrogen and oxygen atoms in total. The number of carbonyl (C=O) groups is 2. The third kappa shape index (κ3) is 3.82. The van der Waals surface area contributed by atoms with Crippen molar-refractivity contribution in [1.29, 1.82) is 0 Å². The molecule has 6 heteroatoms. The van der Waals surface area contributed by atoms with Crippen LogP contribution in [-0.2, 0) is 20.7 Å². The molecule has 0 amide bonds. The fourth-order valence-corrected chi connectivity index (χ4v) is 4.06. The number of esters is 1. The van der Waals surface area contributed by atoms with E-state index in [1.807, 2.05) is 48.5 Å². The maximum Gasteiger partial charge on any atom is 0.321 e. The highest BCUT2D eigenvalue weighted by atomic mass is 16.5. The molecule has 0 aliphatic heterocycles. The Morgan fingerprint density at radius 3 is 2.10 bits per heavy atom. The van der Waals surface area contributed by atoms with E-state index in [2.05, 4.69) is 4.98 Å². The Bertz CT molecular complexity index is 1020. The molecule has 3 N–H and O–H groups in total. The molecule has 0 bridgehead atoms. The van der Waals surface area contributed by atoms with Gasteiger partial charge < -0.3 is 15.6 Å². The summed E-state index contributed by atoms with van der Waals surface area (Å²) in [4.78, 5) is 28.4. The van der Waals surface area contributed by atoms with E-state index >= 15 is 0 Å². The van der Waals surface area contributed by atoms with Crippen molar-refractivity contribution < 1.29 is 19.4 Å². The molecular formula is C24H22N2O4. The molecule has 0 spiro atoms. The van der Waals surface area contributed by atoms with Crippen LogP contribution in [0.15, 0.2) is 73.1 Å². The predicted octanol–water partition coefficient (Wildman–Crippen LogP) is 3.01. The Balaban J connectivity index is 1.50. The van der Waals surface area contributed by atoms with Crippen molar-refractivity contribution in [2.45, 2.75) is 18.4 Å². The third-order valence-electron chi connectivity index (χ3n) is 5.52. The van der Waals surface area contributed by atoms with Gasteiger partial charge in [-0.05, 0) is 46.4 Å². The van der Waals surface area contributed by atoms with Crippen LogP contribution in [-0.4, -0.2) is 34.7 Å². The average molecular weight is 402 g/mol. The van der Waals surface area contributed by atoms with Gasteiger partial charge in [-0.3, -0.25) is 14.6 Å². The number of nitrogens with two attached hydrogens (primary N) is 1. The van der Waals surface area contributed by atoms with E-state index in [0.717, 1.165) is 27.8 Å². The van der Waals surface area contributed by atoms with Crippen molar-refractivity contribution >= 4 is 11.9 Å². The van der Waals surface area contributed by atoms with Crippen LogP contribution in [0, 0.1) is 5.92 Å². The Hall–Kier alpha value is -3.51. The Morgan fingerprint density at radius 1 is 0.967 bits per heavy atom. The first-order valence-electron chi connectivity index (χ1n) is 9.78. The molecule has 0 saturated heterocycles. The van der Waals surface area contributed by atoms with Crippen molar-refractivity contribution in [2.75, 3.05) is 6.61 Å². The number of fused-ring (bicyclic) bond motifs is 3. The maximum atomic E-state index is 12.7. The van der Waals surface area contributed by atoms with E-state index in [4.69, 9.17) is 10.5 Å². The van der Waals surface area contributed by atoms with Crippen LogP contribution in [0.4, 0.5) is 0 Å². The molecule has 0 fully saturated rings. The average Bonchev–Trinajstić information content (AvgIpc) is 3.06. The van der Waals surface area contributed by atoms with Gasteiger partial charge in [0.1, 0.15) is 6.61 Å². The van der Waals surface area contributed by atoms with Gasteiger partial charge in [-0.1, -0.05) is 48.5 Å². The number of ether oxygens (including phenoxy) is 1. The molecular weight excluding hydrogens is 380 g/mol. The molecule has 3 aromatic rings. The molecule has 2 atom stereocenters. The summed E-state index contributed by atoms with van der Waals surface area (Å²) in [6.45, 7) is 0.0681. The molecule has 1 heterocycles. The summed E-state index contributed by atoms with van der Waals surface area (Å²) in [5.74, 6) is -3.67. The minimum atomic E-state index is -1.44. The van der Waals surface area contributed by atoms with E-state index in [9.17, 15) is 14.7 Å². The number of carbonyl (C=O) groups excluding carboxylic acids is 1. The maximum absolute atomic E-state index is 12.7. The zero-order chi connectivity index (χ0) is 21.1. The van der Waals surface area contributed by atoms with Crippen LogP contribution >= 0.6 is 0 Å². The van der Waals surface area contributed by atoms with E-state index in [1.54, 1.807) is 24.5 Å². The minimum Gasteiger partial charge on any atom is -0.481 e. The highest BCUT2D eigenvalue weighted by Gasteiger charge is 2.36. The first-order valence-corrected chi connectivity index (χ1v) is 9.78. The molecule has 2 aromatic carbocycles. The van der Waals surface area contributed by atoms with Crippen LogP contribution in [0.25, 0.3) is 11.1 Å². The molecule has 30 heavy (non-hydrogen) atoms. The Labute approximate surface area is 174 Å². The standard InChI is InChI=1S/C24H22N2O4/c25-21(13-15-9-11-26-12-10-15)22(23(27)28)24(29)30-14-20-18-7-3-1-5-16(18)17-6-2-4-8-19(17)20/h1-12,20-22H,13-14,25H2,(H,27,28)/t21?,22-/m1/s1.